The molecular weight excluding hydrogens is 414 g/mol. The Hall–Kier alpha value is -2.76. The molecule has 0 N–H and O–H groups in total. The fourth-order valence-electron chi connectivity index (χ4n) is 4.82. The van der Waals surface area contributed by atoms with Crippen molar-refractivity contribution in [3.05, 3.63) is 74.9 Å². The van der Waals surface area contributed by atoms with Crippen molar-refractivity contribution in [3.63, 3.8) is 0 Å². The van der Waals surface area contributed by atoms with Crippen LogP contribution in [0.15, 0.2) is 52.6 Å². The van der Waals surface area contributed by atoms with Crippen LogP contribution in [-0.2, 0) is 0 Å². The lowest BCUT2D eigenvalue weighted by Gasteiger charge is -2.31. The minimum Gasteiger partial charge on any atom is -0.306 e. The molecule has 1 aliphatic rings. The highest BCUT2D eigenvalue weighted by atomic mass is 32.1. The van der Waals surface area contributed by atoms with Gasteiger partial charge in [-0.15, -0.1) is 11.3 Å². The maximum Gasteiger partial charge on any atom is 0.263 e. The van der Waals surface area contributed by atoms with Gasteiger partial charge in [0.25, 0.3) is 5.56 Å². The van der Waals surface area contributed by atoms with Gasteiger partial charge in [0.2, 0.25) is 0 Å². The van der Waals surface area contributed by atoms with Crippen LogP contribution in [0.3, 0.4) is 0 Å². The van der Waals surface area contributed by atoms with E-state index in [2.05, 4.69) is 80.6 Å². The molecule has 0 amide bonds. The standard InChI is InChI=1S/C27H29N3OS/c1-17-5-8-20(9-6-17)25-28-26-24(27(31)30(25)21-11-13-29(4)14-12-21)23(16-32-26)22-10-7-18(2)15-19(22)3/h5-10,15-16,21H,11-14H2,1-4H3. The lowest BCUT2D eigenvalue weighted by atomic mass is 9.98. The molecule has 0 saturated carbocycles. The molecule has 3 heterocycles. The largest absolute Gasteiger partial charge is 0.306 e. The summed E-state index contributed by atoms with van der Waals surface area (Å²) in [5, 5.41) is 2.87. The number of nitrogens with zero attached hydrogens (tertiary/aromatic N) is 3. The van der Waals surface area contributed by atoms with Crippen LogP contribution in [0.25, 0.3) is 32.7 Å². The molecule has 5 heteroatoms. The van der Waals surface area contributed by atoms with Crippen LogP contribution in [0.1, 0.15) is 35.6 Å². The number of hydrogen-bond donors (Lipinski definition) is 0. The smallest absolute Gasteiger partial charge is 0.263 e. The molecule has 0 atom stereocenters. The van der Waals surface area contributed by atoms with Gasteiger partial charge in [0.1, 0.15) is 10.7 Å². The van der Waals surface area contributed by atoms with Crippen LogP contribution >= 0.6 is 11.3 Å². The number of likely N-dealkylation sites (tertiary alicyclic amines) is 1. The number of thiophene rings is 1. The van der Waals surface area contributed by atoms with Crippen LogP contribution in [0.2, 0.25) is 0 Å². The molecule has 2 aromatic carbocycles. The van der Waals surface area contributed by atoms with E-state index in [9.17, 15) is 4.79 Å². The van der Waals surface area contributed by atoms with Crippen molar-refractivity contribution in [2.45, 2.75) is 39.7 Å². The van der Waals surface area contributed by atoms with Gasteiger partial charge in [0.05, 0.1) is 5.39 Å². The molecule has 4 nitrogen and oxygen atoms in total. The molecule has 0 spiro atoms. The summed E-state index contributed by atoms with van der Waals surface area (Å²) in [4.78, 5) is 22.4. The minimum atomic E-state index is 0.0938. The van der Waals surface area contributed by atoms with E-state index in [1.807, 2.05) is 4.57 Å². The maximum atomic E-state index is 14.1. The molecule has 0 bridgehead atoms. The molecule has 2 aromatic heterocycles. The molecule has 1 fully saturated rings. The molecule has 0 aliphatic carbocycles. The van der Waals surface area contributed by atoms with Crippen LogP contribution in [0, 0.1) is 20.8 Å². The van der Waals surface area contributed by atoms with Gasteiger partial charge in [-0.05, 0) is 64.9 Å². The number of rotatable bonds is 3. The van der Waals surface area contributed by atoms with Crippen LogP contribution in [0.4, 0.5) is 0 Å². The van der Waals surface area contributed by atoms with Crippen molar-refractivity contribution in [1.29, 1.82) is 0 Å². The van der Waals surface area contributed by atoms with Crippen molar-refractivity contribution < 1.29 is 0 Å². The van der Waals surface area contributed by atoms with E-state index in [1.165, 1.54) is 16.7 Å². The lowest BCUT2D eigenvalue weighted by Crippen LogP contribution is -2.36. The number of piperidine rings is 1. The predicted molar refractivity (Wildman–Crippen MR) is 135 cm³/mol. The molecule has 32 heavy (non-hydrogen) atoms. The van der Waals surface area contributed by atoms with Crippen molar-refractivity contribution in [2.75, 3.05) is 20.1 Å². The van der Waals surface area contributed by atoms with Crippen LogP contribution in [0.5, 0.6) is 0 Å². The number of hydrogen-bond acceptors (Lipinski definition) is 4. The number of benzene rings is 2. The number of fused-ring (bicyclic) bond motifs is 1. The molecular formula is C27H29N3OS. The molecule has 0 radical (unpaired) electrons. The Bertz CT molecular complexity index is 1340. The summed E-state index contributed by atoms with van der Waals surface area (Å²) in [7, 11) is 2.15. The molecule has 0 unspecified atom stereocenters. The third-order valence-corrected chi connectivity index (χ3v) is 7.55. The highest BCUT2D eigenvalue weighted by Crippen LogP contribution is 2.36. The van der Waals surface area contributed by atoms with Gasteiger partial charge in [0, 0.05) is 22.5 Å². The van der Waals surface area contributed by atoms with Crippen molar-refractivity contribution in [1.82, 2.24) is 14.5 Å². The average molecular weight is 444 g/mol. The Morgan fingerprint density at radius 1 is 0.938 bits per heavy atom. The van der Waals surface area contributed by atoms with E-state index < -0.39 is 0 Å². The first-order valence-electron chi connectivity index (χ1n) is 11.3. The van der Waals surface area contributed by atoms with Gasteiger partial charge < -0.3 is 4.90 Å². The van der Waals surface area contributed by atoms with E-state index in [1.54, 1.807) is 11.3 Å². The minimum absolute atomic E-state index is 0.0938. The second-order valence-corrected chi connectivity index (χ2v) is 10.0. The zero-order valence-electron chi connectivity index (χ0n) is 19.2. The molecule has 4 aromatic rings. The monoisotopic (exact) mass is 443 g/mol. The first-order valence-corrected chi connectivity index (χ1v) is 12.2. The van der Waals surface area contributed by atoms with Gasteiger partial charge >= 0.3 is 0 Å². The second kappa shape index (κ2) is 8.30. The fourth-order valence-corrected chi connectivity index (χ4v) is 5.74. The van der Waals surface area contributed by atoms with E-state index in [0.29, 0.717) is 0 Å². The summed E-state index contributed by atoms with van der Waals surface area (Å²) in [6, 6.07) is 15.0. The summed E-state index contributed by atoms with van der Waals surface area (Å²) in [5.41, 5.74) is 6.87. The Labute approximate surface area is 193 Å². The zero-order chi connectivity index (χ0) is 22.4. The fraction of sp³-hybridized carbons (Fsp3) is 0.333. The van der Waals surface area contributed by atoms with Gasteiger partial charge in [-0.1, -0.05) is 53.6 Å². The van der Waals surface area contributed by atoms with E-state index in [4.69, 9.17) is 4.98 Å². The van der Waals surface area contributed by atoms with E-state index >= 15 is 0 Å². The lowest BCUT2D eigenvalue weighted by molar-refractivity contribution is 0.219. The van der Waals surface area contributed by atoms with Gasteiger partial charge in [0.15, 0.2) is 0 Å². The maximum absolute atomic E-state index is 14.1. The Balaban J connectivity index is 1.76. The Morgan fingerprint density at radius 3 is 2.31 bits per heavy atom. The third kappa shape index (κ3) is 3.70. The van der Waals surface area contributed by atoms with Crippen LogP contribution < -0.4 is 5.56 Å². The van der Waals surface area contributed by atoms with Crippen molar-refractivity contribution >= 4 is 21.6 Å². The van der Waals surface area contributed by atoms with Crippen LogP contribution in [-0.4, -0.2) is 34.6 Å². The van der Waals surface area contributed by atoms with Gasteiger partial charge in [-0.2, -0.15) is 0 Å². The first kappa shape index (κ1) is 21.1. The van der Waals surface area contributed by atoms with Crippen molar-refractivity contribution in [2.24, 2.45) is 0 Å². The van der Waals surface area contributed by atoms with E-state index in [0.717, 1.165) is 58.7 Å². The van der Waals surface area contributed by atoms with Gasteiger partial charge in [-0.3, -0.25) is 9.36 Å². The molecule has 164 valence electrons. The highest BCUT2D eigenvalue weighted by molar-refractivity contribution is 7.17. The second-order valence-electron chi connectivity index (χ2n) is 9.16. The Kier molecular flexibility index (Phi) is 5.48. The predicted octanol–water partition coefficient (Wildman–Crippen LogP) is 5.98. The molecule has 1 saturated heterocycles. The third-order valence-electron chi connectivity index (χ3n) is 6.67. The molecule has 1 aliphatic heterocycles. The topological polar surface area (TPSA) is 38.1 Å². The summed E-state index contributed by atoms with van der Waals surface area (Å²) in [6.07, 6.45) is 1.93. The normalized spacial score (nSPS) is 15.5. The van der Waals surface area contributed by atoms with Gasteiger partial charge in [-0.25, -0.2) is 4.98 Å². The number of aromatic nitrogens is 2. The summed E-state index contributed by atoms with van der Waals surface area (Å²) in [5.74, 6) is 0.797. The first-order chi connectivity index (χ1) is 15.4. The summed E-state index contributed by atoms with van der Waals surface area (Å²) < 4.78 is 2.00. The number of aryl methyl sites for hydroxylation is 3. The average Bonchev–Trinajstić information content (AvgIpc) is 3.19. The van der Waals surface area contributed by atoms with E-state index in [-0.39, 0.29) is 11.6 Å². The molecule has 5 rings (SSSR count). The zero-order valence-corrected chi connectivity index (χ0v) is 20.0. The summed E-state index contributed by atoms with van der Waals surface area (Å²) in [6.45, 7) is 8.30. The quantitative estimate of drug-likeness (QED) is 0.391. The SMILES string of the molecule is Cc1ccc(-c2nc3scc(-c4ccc(C)cc4C)c3c(=O)n2C2CCN(C)CC2)cc1. The summed E-state index contributed by atoms with van der Waals surface area (Å²) >= 11 is 1.57. The van der Waals surface area contributed by atoms with Crippen molar-refractivity contribution in [3.8, 4) is 22.5 Å². The highest BCUT2D eigenvalue weighted by Gasteiger charge is 2.26. The Morgan fingerprint density at radius 2 is 1.62 bits per heavy atom.